The van der Waals surface area contributed by atoms with E-state index in [9.17, 15) is 13.2 Å². The number of hydrogen-bond acceptors (Lipinski definition) is 3. The molecule has 1 N–H and O–H groups in total. The number of nitrogens with zero attached hydrogens (tertiary/aromatic N) is 1. The second kappa shape index (κ2) is 7.39. The molecule has 0 bridgehead atoms. The van der Waals surface area contributed by atoms with E-state index in [1.165, 1.54) is 28.1 Å². The topological polar surface area (TPSA) is 66.5 Å². The predicted octanol–water partition coefficient (Wildman–Crippen LogP) is 3.23. The highest BCUT2D eigenvalue weighted by Gasteiger charge is 2.29. The van der Waals surface area contributed by atoms with Crippen LogP contribution >= 0.6 is 11.6 Å². The summed E-state index contributed by atoms with van der Waals surface area (Å²) in [7, 11) is -3.71. The molecule has 0 aliphatic carbocycles. The summed E-state index contributed by atoms with van der Waals surface area (Å²) < 4.78 is 27.6. The number of fused-ring (bicyclic) bond motifs is 1. The second-order valence-corrected chi connectivity index (χ2v) is 8.97. The maximum Gasteiger partial charge on any atom is 0.253 e. The average molecular weight is 393 g/mol. The van der Waals surface area contributed by atoms with E-state index in [4.69, 9.17) is 11.6 Å². The molecule has 1 aliphatic rings. The molecule has 1 heterocycles. The molecule has 1 amide bonds. The van der Waals surface area contributed by atoms with Gasteiger partial charge in [0.15, 0.2) is 0 Å². The number of carbonyl (C=O) groups excluding carboxylic acids is 1. The van der Waals surface area contributed by atoms with Crippen LogP contribution in [0.3, 0.4) is 0 Å². The fourth-order valence-electron chi connectivity index (χ4n) is 3.00. The smallest absolute Gasteiger partial charge is 0.253 e. The van der Waals surface area contributed by atoms with E-state index in [2.05, 4.69) is 5.32 Å². The van der Waals surface area contributed by atoms with E-state index in [1.54, 1.807) is 0 Å². The summed E-state index contributed by atoms with van der Waals surface area (Å²) in [4.78, 5) is 12.4. The molecular weight excluding hydrogens is 372 g/mol. The van der Waals surface area contributed by atoms with E-state index in [-0.39, 0.29) is 27.4 Å². The first-order chi connectivity index (χ1) is 12.3. The maximum absolute atomic E-state index is 13.1. The molecular formula is C19H21ClN2O3S. The van der Waals surface area contributed by atoms with Crippen LogP contribution in [0, 0.1) is 0 Å². The van der Waals surface area contributed by atoms with Crippen LogP contribution in [0.25, 0.3) is 0 Å². The minimum atomic E-state index is -3.71. The number of nitrogens with one attached hydrogen (secondary N) is 1. The summed E-state index contributed by atoms with van der Waals surface area (Å²) >= 11 is 6.11. The summed E-state index contributed by atoms with van der Waals surface area (Å²) in [6.45, 7) is 4.40. The first kappa shape index (κ1) is 18.9. The summed E-state index contributed by atoms with van der Waals surface area (Å²) in [6.07, 6.45) is 0.670. The van der Waals surface area contributed by atoms with Crippen molar-refractivity contribution in [2.45, 2.75) is 37.8 Å². The van der Waals surface area contributed by atoms with Crippen molar-refractivity contribution in [3.05, 3.63) is 64.2 Å². The molecule has 0 atom stereocenters. The minimum absolute atomic E-state index is 0.0718. The number of sulfonamides is 1. The van der Waals surface area contributed by atoms with Gasteiger partial charge in [-0.1, -0.05) is 35.9 Å². The van der Waals surface area contributed by atoms with Crippen LogP contribution in [0.15, 0.2) is 47.4 Å². The number of amides is 1. The molecule has 0 spiro atoms. The van der Waals surface area contributed by atoms with Crippen LogP contribution in [-0.4, -0.2) is 31.2 Å². The van der Waals surface area contributed by atoms with Crippen LogP contribution in [0.4, 0.5) is 0 Å². The van der Waals surface area contributed by atoms with Crippen molar-refractivity contribution in [2.24, 2.45) is 0 Å². The van der Waals surface area contributed by atoms with Crippen LogP contribution < -0.4 is 5.32 Å². The zero-order valence-corrected chi connectivity index (χ0v) is 16.3. The molecule has 3 rings (SSSR count). The highest BCUT2D eigenvalue weighted by Crippen LogP contribution is 2.27. The van der Waals surface area contributed by atoms with Crippen molar-refractivity contribution >= 4 is 27.5 Å². The van der Waals surface area contributed by atoms with Gasteiger partial charge in [0, 0.05) is 19.1 Å². The Morgan fingerprint density at radius 3 is 2.54 bits per heavy atom. The van der Waals surface area contributed by atoms with Crippen molar-refractivity contribution in [3.8, 4) is 0 Å². The van der Waals surface area contributed by atoms with Gasteiger partial charge in [-0.2, -0.15) is 4.31 Å². The molecule has 0 fully saturated rings. The van der Waals surface area contributed by atoms with Crippen molar-refractivity contribution in [1.29, 1.82) is 0 Å². The van der Waals surface area contributed by atoms with Crippen molar-refractivity contribution in [1.82, 2.24) is 9.62 Å². The summed E-state index contributed by atoms with van der Waals surface area (Å²) in [5, 5.41) is 2.97. The van der Waals surface area contributed by atoms with E-state index in [0.29, 0.717) is 19.5 Å². The van der Waals surface area contributed by atoms with Gasteiger partial charge in [-0.05, 0) is 49.6 Å². The number of hydrogen-bond donors (Lipinski definition) is 1. The maximum atomic E-state index is 13.1. The Balaban J connectivity index is 1.92. The molecule has 0 unspecified atom stereocenters. The molecule has 5 nitrogen and oxygen atoms in total. The van der Waals surface area contributed by atoms with Gasteiger partial charge in [-0.15, -0.1) is 0 Å². The van der Waals surface area contributed by atoms with Crippen LogP contribution in [0.2, 0.25) is 5.02 Å². The van der Waals surface area contributed by atoms with Gasteiger partial charge in [0.1, 0.15) is 0 Å². The summed E-state index contributed by atoms with van der Waals surface area (Å²) in [6, 6.07) is 12.0. The van der Waals surface area contributed by atoms with Gasteiger partial charge in [-0.3, -0.25) is 4.79 Å². The van der Waals surface area contributed by atoms with Crippen molar-refractivity contribution in [2.75, 3.05) is 6.54 Å². The van der Waals surface area contributed by atoms with Crippen LogP contribution in [-0.2, 0) is 23.0 Å². The van der Waals surface area contributed by atoms with Crippen LogP contribution in [0.5, 0.6) is 0 Å². The Morgan fingerprint density at radius 1 is 1.15 bits per heavy atom. The van der Waals surface area contributed by atoms with E-state index >= 15 is 0 Å². The Kier molecular flexibility index (Phi) is 5.37. The molecule has 2 aromatic carbocycles. The van der Waals surface area contributed by atoms with E-state index in [1.807, 2.05) is 38.1 Å². The van der Waals surface area contributed by atoms with E-state index in [0.717, 1.165) is 5.56 Å². The normalized spacial score (nSPS) is 14.9. The third kappa shape index (κ3) is 3.77. The summed E-state index contributed by atoms with van der Waals surface area (Å²) in [5.41, 5.74) is 2.35. The lowest BCUT2D eigenvalue weighted by Crippen LogP contribution is -2.36. The van der Waals surface area contributed by atoms with Crippen molar-refractivity contribution < 1.29 is 13.2 Å². The highest BCUT2D eigenvalue weighted by molar-refractivity contribution is 7.89. The molecule has 0 radical (unpaired) electrons. The Labute approximate surface area is 159 Å². The molecule has 0 saturated heterocycles. The van der Waals surface area contributed by atoms with Crippen molar-refractivity contribution in [3.63, 3.8) is 0 Å². The fraction of sp³-hybridized carbons (Fsp3) is 0.316. The minimum Gasteiger partial charge on any atom is -0.350 e. The monoisotopic (exact) mass is 392 g/mol. The lowest BCUT2D eigenvalue weighted by atomic mass is 10.0. The zero-order chi connectivity index (χ0) is 18.9. The third-order valence-corrected chi connectivity index (χ3v) is 6.51. The molecule has 26 heavy (non-hydrogen) atoms. The molecule has 0 aromatic heterocycles. The van der Waals surface area contributed by atoms with Gasteiger partial charge >= 0.3 is 0 Å². The standard InChI is InChI=1S/C19H21ClN2O3S/c1-13(2)21-19(23)17-11-16(7-8-18(17)20)26(24,25)22-10-9-14-5-3-4-6-15(14)12-22/h3-8,11,13H,9-10,12H2,1-2H3,(H,21,23). The predicted molar refractivity (Wildman–Crippen MR) is 102 cm³/mol. The number of rotatable bonds is 4. The third-order valence-electron chi connectivity index (χ3n) is 4.34. The Hall–Kier alpha value is -1.89. The number of benzene rings is 2. The quantitative estimate of drug-likeness (QED) is 0.868. The molecule has 1 aliphatic heterocycles. The van der Waals surface area contributed by atoms with Gasteiger partial charge in [0.25, 0.3) is 5.91 Å². The lowest BCUT2D eigenvalue weighted by Gasteiger charge is -2.28. The van der Waals surface area contributed by atoms with Gasteiger partial charge in [-0.25, -0.2) is 8.42 Å². The highest BCUT2D eigenvalue weighted by atomic mass is 35.5. The Bertz CT molecular complexity index is 942. The van der Waals surface area contributed by atoms with E-state index < -0.39 is 10.0 Å². The lowest BCUT2D eigenvalue weighted by molar-refractivity contribution is 0.0943. The second-order valence-electron chi connectivity index (χ2n) is 6.63. The summed E-state index contributed by atoms with van der Waals surface area (Å²) in [5.74, 6) is -0.383. The van der Waals surface area contributed by atoms with Gasteiger partial charge in [0.2, 0.25) is 10.0 Å². The first-order valence-electron chi connectivity index (χ1n) is 8.46. The number of halogens is 1. The molecule has 138 valence electrons. The first-order valence-corrected chi connectivity index (χ1v) is 10.3. The average Bonchev–Trinajstić information content (AvgIpc) is 2.60. The molecule has 0 saturated carbocycles. The SMILES string of the molecule is CC(C)NC(=O)c1cc(S(=O)(=O)N2CCc3ccccc3C2)ccc1Cl. The largest absolute Gasteiger partial charge is 0.350 e. The number of carbonyl (C=O) groups is 1. The van der Waals surface area contributed by atoms with Gasteiger partial charge < -0.3 is 5.32 Å². The Morgan fingerprint density at radius 2 is 1.85 bits per heavy atom. The molecule has 7 heteroatoms. The zero-order valence-electron chi connectivity index (χ0n) is 14.7. The molecule has 2 aromatic rings. The fourth-order valence-corrected chi connectivity index (χ4v) is 4.65. The van der Waals surface area contributed by atoms with Crippen LogP contribution in [0.1, 0.15) is 35.3 Å². The van der Waals surface area contributed by atoms with Gasteiger partial charge in [0.05, 0.1) is 15.5 Å².